The van der Waals surface area contributed by atoms with Crippen LogP contribution in [-0.4, -0.2) is 31.6 Å². The lowest BCUT2D eigenvalue weighted by molar-refractivity contribution is 0.0966. The van der Waals surface area contributed by atoms with E-state index in [9.17, 15) is 14.4 Å². The first kappa shape index (κ1) is 20.3. The van der Waals surface area contributed by atoms with Crippen LogP contribution in [0.5, 0.6) is 5.75 Å². The topological polar surface area (TPSA) is 88.1 Å². The highest BCUT2D eigenvalue weighted by Gasteiger charge is 2.22. The highest BCUT2D eigenvalue weighted by molar-refractivity contribution is 9.10. The molecule has 0 atom stereocenters. The van der Waals surface area contributed by atoms with Crippen LogP contribution >= 0.6 is 15.9 Å². The maximum atomic E-state index is 13.3. The number of rotatable bonds is 6. The number of imidazole rings is 1. The van der Waals surface area contributed by atoms with E-state index in [1.54, 1.807) is 35.9 Å². The van der Waals surface area contributed by atoms with Crippen molar-refractivity contribution in [2.24, 2.45) is 7.05 Å². The third kappa shape index (κ3) is 3.43. The van der Waals surface area contributed by atoms with Crippen molar-refractivity contribution in [2.45, 2.75) is 32.4 Å². The Hall–Kier alpha value is -2.94. The summed E-state index contributed by atoms with van der Waals surface area (Å²) in [6.45, 7) is 0.137. The van der Waals surface area contributed by atoms with E-state index >= 15 is 0 Å². The fraction of sp³-hybridized carbons (Fsp3) is 0.333. The van der Waals surface area contributed by atoms with Gasteiger partial charge in [-0.2, -0.15) is 0 Å². The van der Waals surface area contributed by atoms with Crippen molar-refractivity contribution in [3.63, 3.8) is 0 Å². The van der Waals surface area contributed by atoms with Crippen LogP contribution in [0.4, 0.5) is 0 Å². The van der Waals surface area contributed by atoms with Crippen molar-refractivity contribution in [3.05, 3.63) is 67.0 Å². The van der Waals surface area contributed by atoms with Crippen LogP contribution in [0.2, 0.25) is 0 Å². The molecule has 0 saturated heterocycles. The molecule has 9 heteroatoms. The molecule has 156 valence electrons. The number of methoxy groups -OCH3 is 1. The molecule has 2 heterocycles. The number of allylic oxidation sites excluding steroid dienone is 2. The Balaban J connectivity index is 1.83. The summed E-state index contributed by atoms with van der Waals surface area (Å²) in [5.41, 5.74) is 1.00. The molecule has 0 fully saturated rings. The lowest BCUT2D eigenvalue weighted by Gasteiger charge is -2.11. The van der Waals surface area contributed by atoms with Crippen LogP contribution in [0.25, 0.3) is 11.2 Å². The number of carbonyl (C=O) groups excluding carboxylic acids is 1. The molecule has 0 amide bonds. The number of para-hydroxylation sites is 1. The number of aryl methyl sites for hydroxylation is 1. The van der Waals surface area contributed by atoms with Gasteiger partial charge in [0.1, 0.15) is 5.75 Å². The monoisotopic (exact) mass is 472 g/mol. The first-order chi connectivity index (χ1) is 14.4. The van der Waals surface area contributed by atoms with Crippen LogP contribution in [0, 0.1) is 0 Å². The van der Waals surface area contributed by atoms with Gasteiger partial charge < -0.3 is 9.30 Å². The van der Waals surface area contributed by atoms with Crippen LogP contribution in [0.1, 0.15) is 29.6 Å². The number of hydrogen-bond donors (Lipinski definition) is 0. The van der Waals surface area contributed by atoms with E-state index in [-0.39, 0.29) is 18.0 Å². The smallest absolute Gasteiger partial charge is 0.332 e. The second-order valence-corrected chi connectivity index (χ2v) is 7.96. The van der Waals surface area contributed by atoms with Gasteiger partial charge in [0.2, 0.25) is 0 Å². The zero-order chi connectivity index (χ0) is 21.4. The van der Waals surface area contributed by atoms with Crippen LogP contribution in [0.15, 0.2) is 50.2 Å². The highest BCUT2D eigenvalue weighted by Crippen LogP contribution is 2.24. The molecule has 0 N–H and O–H groups in total. The minimum atomic E-state index is -0.590. The molecule has 3 aromatic rings. The fourth-order valence-electron chi connectivity index (χ4n) is 3.82. The molecule has 1 aliphatic carbocycles. The number of hydrogen-bond acceptors (Lipinski definition) is 5. The zero-order valence-corrected chi connectivity index (χ0v) is 18.3. The van der Waals surface area contributed by atoms with Gasteiger partial charge in [-0.3, -0.25) is 18.7 Å². The van der Waals surface area contributed by atoms with E-state index in [2.05, 4.69) is 27.0 Å². The molecule has 0 saturated carbocycles. The fourth-order valence-corrected chi connectivity index (χ4v) is 4.29. The number of Topliss-reactive ketones (excluding diaryl/α,β-unsaturated/α-hetero) is 1. The number of ketones is 1. The Labute approximate surface area is 180 Å². The van der Waals surface area contributed by atoms with Crippen molar-refractivity contribution in [1.82, 2.24) is 18.7 Å². The number of carbonyl (C=O) groups is 1. The molecule has 1 aliphatic rings. The maximum absolute atomic E-state index is 13.3. The van der Waals surface area contributed by atoms with Crippen LogP contribution in [-0.2, 0) is 20.1 Å². The van der Waals surface area contributed by atoms with Gasteiger partial charge in [-0.05, 0) is 47.3 Å². The molecule has 4 rings (SSSR count). The lowest BCUT2D eigenvalue weighted by atomic mass is 10.1. The molecule has 0 radical (unpaired) electrons. The summed E-state index contributed by atoms with van der Waals surface area (Å²) in [5.74, 6) is 0.0176. The molecule has 2 aromatic heterocycles. The number of fused-ring (bicyclic) bond motifs is 1. The Morgan fingerprint density at radius 3 is 2.70 bits per heavy atom. The van der Waals surface area contributed by atoms with E-state index in [1.165, 1.54) is 17.3 Å². The lowest BCUT2D eigenvalue weighted by Crippen LogP contribution is -2.41. The standard InChI is InChI=1S/C21H21BrN4O4/c1-24-18-17(25(20(22)23-18)11-13-7-3-4-8-13)19(28)26(21(24)29)12-15(27)14-9-5-6-10-16(14)30-2/h5-7,9-10H,3-4,8,11-12H2,1-2H3. The summed E-state index contributed by atoms with van der Waals surface area (Å²) in [5, 5.41) is 0. The average Bonchev–Trinajstić information content (AvgIpc) is 3.38. The number of halogens is 1. The Bertz CT molecular complexity index is 1300. The second-order valence-electron chi connectivity index (χ2n) is 7.25. The quantitative estimate of drug-likeness (QED) is 0.312. The molecule has 0 spiro atoms. The zero-order valence-electron chi connectivity index (χ0n) is 16.7. The predicted molar refractivity (Wildman–Crippen MR) is 116 cm³/mol. The van der Waals surface area contributed by atoms with Crippen molar-refractivity contribution in [2.75, 3.05) is 7.11 Å². The van der Waals surface area contributed by atoms with Crippen molar-refractivity contribution >= 4 is 32.9 Å². The third-order valence-corrected chi connectivity index (χ3v) is 6.00. The predicted octanol–water partition coefficient (Wildman–Crippen LogP) is 2.66. The number of ether oxygens (including phenoxy) is 1. The van der Waals surface area contributed by atoms with Crippen molar-refractivity contribution < 1.29 is 9.53 Å². The second kappa shape index (κ2) is 8.06. The minimum absolute atomic E-state index is 0.288. The normalized spacial score (nSPS) is 13.6. The van der Waals surface area contributed by atoms with Gasteiger partial charge in [-0.1, -0.05) is 23.8 Å². The average molecular weight is 473 g/mol. The first-order valence-electron chi connectivity index (χ1n) is 9.62. The van der Waals surface area contributed by atoms with E-state index in [4.69, 9.17) is 4.74 Å². The minimum Gasteiger partial charge on any atom is -0.496 e. The Morgan fingerprint density at radius 1 is 1.23 bits per heavy atom. The van der Waals surface area contributed by atoms with E-state index < -0.39 is 11.2 Å². The summed E-state index contributed by atoms with van der Waals surface area (Å²) in [6.07, 6.45) is 5.26. The Kier molecular flexibility index (Phi) is 5.46. The van der Waals surface area contributed by atoms with Gasteiger partial charge in [-0.15, -0.1) is 0 Å². The number of nitrogens with zero attached hydrogens (tertiary/aromatic N) is 4. The first-order valence-corrected chi connectivity index (χ1v) is 10.4. The van der Waals surface area contributed by atoms with Gasteiger partial charge in [0.25, 0.3) is 5.56 Å². The number of benzene rings is 1. The Morgan fingerprint density at radius 2 is 2.00 bits per heavy atom. The van der Waals surface area contributed by atoms with E-state index in [1.807, 2.05) is 0 Å². The molecule has 0 aliphatic heterocycles. The van der Waals surface area contributed by atoms with Crippen LogP contribution < -0.4 is 16.0 Å². The molecule has 0 unspecified atom stereocenters. The molecular formula is C21H21BrN4O4. The third-order valence-electron chi connectivity index (χ3n) is 5.39. The SMILES string of the molecule is COc1ccccc1C(=O)Cn1c(=O)c2c(nc(Br)n2CC2=CCCC2)n(C)c1=O. The van der Waals surface area contributed by atoms with Crippen molar-refractivity contribution in [3.8, 4) is 5.75 Å². The molecular weight excluding hydrogens is 452 g/mol. The van der Waals surface area contributed by atoms with Gasteiger partial charge in [0, 0.05) is 13.6 Å². The molecule has 0 bridgehead atoms. The molecule has 8 nitrogen and oxygen atoms in total. The summed E-state index contributed by atoms with van der Waals surface area (Å²) >= 11 is 3.42. The van der Waals surface area contributed by atoms with E-state index in [0.29, 0.717) is 28.1 Å². The van der Waals surface area contributed by atoms with Crippen LogP contribution in [0.3, 0.4) is 0 Å². The molecule has 30 heavy (non-hydrogen) atoms. The summed E-state index contributed by atoms with van der Waals surface area (Å²) < 4.78 is 9.74. The largest absolute Gasteiger partial charge is 0.496 e. The van der Waals surface area contributed by atoms with Gasteiger partial charge in [0.05, 0.1) is 19.2 Å². The summed E-state index contributed by atoms with van der Waals surface area (Å²) in [6, 6.07) is 6.74. The highest BCUT2D eigenvalue weighted by atomic mass is 79.9. The van der Waals surface area contributed by atoms with Crippen molar-refractivity contribution in [1.29, 1.82) is 0 Å². The summed E-state index contributed by atoms with van der Waals surface area (Å²) in [7, 11) is 3.02. The van der Waals surface area contributed by atoms with Gasteiger partial charge in [0.15, 0.2) is 21.7 Å². The maximum Gasteiger partial charge on any atom is 0.332 e. The summed E-state index contributed by atoms with van der Waals surface area (Å²) in [4.78, 5) is 43.4. The molecule has 1 aromatic carbocycles. The number of aromatic nitrogens is 4. The van der Waals surface area contributed by atoms with Gasteiger partial charge >= 0.3 is 5.69 Å². The van der Waals surface area contributed by atoms with E-state index in [0.717, 1.165) is 23.8 Å². The van der Waals surface area contributed by atoms with Gasteiger partial charge in [-0.25, -0.2) is 9.78 Å².